The van der Waals surface area contributed by atoms with Crippen molar-refractivity contribution in [3.05, 3.63) is 24.4 Å². The lowest BCUT2D eigenvalue weighted by Crippen LogP contribution is -2.42. The van der Waals surface area contributed by atoms with Crippen LogP contribution in [0.15, 0.2) is 29.4 Å². The van der Waals surface area contributed by atoms with E-state index in [4.69, 9.17) is 22.8 Å². The third kappa shape index (κ3) is 13.8. The first kappa shape index (κ1) is 31.0. The van der Waals surface area contributed by atoms with Gasteiger partial charge in [-0.15, -0.1) is 0 Å². The normalized spacial score (nSPS) is 11.7. The van der Waals surface area contributed by atoms with Gasteiger partial charge in [0.2, 0.25) is 0 Å². The molecule has 34 heavy (non-hydrogen) atoms. The molecule has 0 saturated heterocycles. The molecule has 0 spiro atoms. The maximum atomic E-state index is 12.5. The fourth-order valence-corrected chi connectivity index (χ4v) is 6.66. The van der Waals surface area contributed by atoms with Crippen molar-refractivity contribution in [2.75, 3.05) is 67.0 Å². The molecule has 0 amide bonds. The molecule has 0 unspecified atom stereocenters. The largest absolute Gasteiger partial charge is 0.500 e. The topological polar surface area (TPSA) is 96.4 Å². The van der Waals surface area contributed by atoms with E-state index in [0.717, 1.165) is 17.3 Å². The highest BCUT2D eigenvalue weighted by Crippen LogP contribution is 2.28. The zero-order valence-electron chi connectivity index (χ0n) is 20.7. The minimum absolute atomic E-state index is 0.175. The molecule has 0 radical (unpaired) electrons. The number of pyridine rings is 1. The summed E-state index contributed by atoms with van der Waals surface area (Å²) in [5.74, 6) is 0.760. The Morgan fingerprint density at radius 1 is 0.971 bits per heavy atom. The summed E-state index contributed by atoms with van der Waals surface area (Å²) < 4.78 is 26.3. The van der Waals surface area contributed by atoms with E-state index in [1.807, 2.05) is 18.2 Å². The molecular formula is C22H38N2O7S2Si. The minimum Gasteiger partial charge on any atom is -0.463 e. The van der Waals surface area contributed by atoms with Gasteiger partial charge in [0, 0.05) is 78.9 Å². The van der Waals surface area contributed by atoms with Crippen molar-refractivity contribution in [2.24, 2.45) is 0 Å². The van der Waals surface area contributed by atoms with E-state index in [1.54, 1.807) is 56.2 Å². The van der Waals surface area contributed by atoms with Crippen molar-refractivity contribution < 1.29 is 32.3 Å². The Kier molecular flexibility index (Phi) is 17.6. The zero-order chi connectivity index (χ0) is 25.1. The number of ketones is 1. The summed E-state index contributed by atoms with van der Waals surface area (Å²) in [5, 5.41) is 0.957. The maximum absolute atomic E-state index is 12.5. The van der Waals surface area contributed by atoms with Gasteiger partial charge in [-0.05, 0) is 29.3 Å². The third-order valence-corrected chi connectivity index (χ3v) is 10.1. The maximum Gasteiger partial charge on any atom is 0.500 e. The van der Waals surface area contributed by atoms with Crippen LogP contribution in [0.5, 0.6) is 0 Å². The number of ether oxygens (including phenoxy) is 2. The van der Waals surface area contributed by atoms with Crippen molar-refractivity contribution in [1.29, 1.82) is 0 Å². The highest BCUT2D eigenvalue weighted by atomic mass is 33.1. The van der Waals surface area contributed by atoms with Crippen LogP contribution in [0.4, 0.5) is 0 Å². The average molecular weight is 535 g/mol. The summed E-state index contributed by atoms with van der Waals surface area (Å²) in [5.41, 5.74) is 0. The number of hydrogen-bond donors (Lipinski definition) is 0. The smallest absolute Gasteiger partial charge is 0.463 e. The second-order valence-corrected chi connectivity index (χ2v) is 12.8. The molecule has 1 aromatic heterocycles. The van der Waals surface area contributed by atoms with Crippen LogP contribution < -0.4 is 0 Å². The van der Waals surface area contributed by atoms with Crippen LogP contribution in [0.3, 0.4) is 0 Å². The van der Waals surface area contributed by atoms with E-state index in [2.05, 4.69) is 9.88 Å². The van der Waals surface area contributed by atoms with Gasteiger partial charge >= 0.3 is 14.8 Å². The van der Waals surface area contributed by atoms with Gasteiger partial charge in [-0.1, -0.05) is 16.9 Å². The first-order chi connectivity index (χ1) is 16.5. The van der Waals surface area contributed by atoms with Gasteiger partial charge in [-0.2, -0.15) is 0 Å². The van der Waals surface area contributed by atoms with Crippen molar-refractivity contribution in [2.45, 2.75) is 36.8 Å². The Morgan fingerprint density at radius 3 is 2.35 bits per heavy atom. The van der Waals surface area contributed by atoms with E-state index < -0.39 is 8.80 Å². The van der Waals surface area contributed by atoms with E-state index in [-0.39, 0.29) is 24.8 Å². The molecule has 9 nitrogen and oxygen atoms in total. The number of hydrogen-bond acceptors (Lipinski definition) is 11. The number of carbonyl (C=O) groups is 2. The molecule has 0 saturated carbocycles. The number of carbonyl (C=O) groups excluding carboxylic acids is 2. The highest BCUT2D eigenvalue weighted by Gasteiger charge is 2.37. The van der Waals surface area contributed by atoms with Gasteiger partial charge in [0.15, 0.2) is 0 Å². The third-order valence-electron chi connectivity index (χ3n) is 5.03. The number of Topliss-reactive ketones (excluding diaryl/α,β-unsaturated/α-hetero) is 1. The second-order valence-electron chi connectivity index (χ2n) is 7.32. The molecule has 0 aliphatic carbocycles. The lowest BCUT2D eigenvalue weighted by atomic mass is 10.1. The molecule has 0 aliphatic rings. The van der Waals surface area contributed by atoms with Gasteiger partial charge in [0.05, 0.1) is 13.0 Å². The molecule has 0 aromatic carbocycles. The Morgan fingerprint density at radius 2 is 1.71 bits per heavy atom. The summed E-state index contributed by atoms with van der Waals surface area (Å²) in [6, 6.07) is 6.42. The SMILES string of the molecule is COCCOC(=O)CCN(CCSSc1ccccn1)CCC(=O)CCC[Si](OC)(OC)OC. The Balaban J connectivity index is 2.44. The summed E-state index contributed by atoms with van der Waals surface area (Å²) in [6.45, 7) is 2.53. The Labute approximate surface area is 212 Å². The summed E-state index contributed by atoms with van der Waals surface area (Å²) in [7, 11) is 6.95. The van der Waals surface area contributed by atoms with Crippen LogP contribution >= 0.6 is 21.6 Å². The number of esters is 1. The summed E-state index contributed by atoms with van der Waals surface area (Å²) in [4.78, 5) is 30.9. The van der Waals surface area contributed by atoms with Crippen LogP contribution in [-0.2, 0) is 32.3 Å². The number of aromatic nitrogens is 1. The van der Waals surface area contributed by atoms with Gasteiger partial charge in [0.25, 0.3) is 0 Å². The van der Waals surface area contributed by atoms with E-state index in [1.165, 1.54) is 0 Å². The standard InChI is InChI=1S/C22H38N2O7S2Si/c1-27-16-17-31-22(26)11-14-24(15-18-32-33-21-9-5-6-12-23-21)13-10-20(25)8-7-19-34(28-2,29-3)30-4/h5-6,9,12H,7-8,10-11,13-19H2,1-4H3. The molecule has 0 atom stereocenters. The van der Waals surface area contributed by atoms with Crippen molar-refractivity contribution in [3.63, 3.8) is 0 Å². The molecule has 0 fully saturated rings. The van der Waals surface area contributed by atoms with Gasteiger partial charge in [-0.25, -0.2) is 4.98 Å². The van der Waals surface area contributed by atoms with Crippen LogP contribution in [0.25, 0.3) is 0 Å². The lowest BCUT2D eigenvalue weighted by Gasteiger charge is -2.24. The van der Waals surface area contributed by atoms with Gasteiger partial charge < -0.3 is 27.7 Å². The summed E-state index contributed by atoms with van der Waals surface area (Å²) in [6.07, 6.45) is 3.58. The monoisotopic (exact) mass is 534 g/mol. The van der Waals surface area contributed by atoms with Crippen molar-refractivity contribution in [1.82, 2.24) is 9.88 Å². The number of methoxy groups -OCH3 is 1. The van der Waals surface area contributed by atoms with Crippen LogP contribution in [0.1, 0.15) is 25.7 Å². The molecular weight excluding hydrogens is 496 g/mol. The molecule has 0 bridgehead atoms. The number of nitrogens with zero attached hydrogens (tertiary/aromatic N) is 2. The molecule has 1 heterocycles. The summed E-state index contributed by atoms with van der Waals surface area (Å²) >= 11 is 0. The van der Waals surface area contributed by atoms with Crippen molar-refractivity contribution in [3.8, 4) is 0 Å². The van der Waals surface area contributed by atoms with Crippen LogP contribution in [0, 0.1) is 0 Å². The molecule has 1 rings (SSSR count). The fraction of sp³-hybridized carbons (Fsp3) is 0.682. The molecule has 1 aromatic rings. The van der Waals surface area contributed by atoms with Crippen LogP contribution in [-0.4, -0.2) is 97.5 Å². The van der Waals surface area contributed by atoms with Gasteiger partial charge in [-0.3, -0.25) is 9.59 Å². The predicted octanol–water partition coefficient (Wildman–Crippen LogP) is 3.32. The lowest BCUT2D eigenvalue weighted by molar-refractivity contribution is -0.145. The molecule has 194 valence electrons. The molecule has 0 N–H and O–H groups in total. The van der Waals surface area contributed by atoms with E-state index in [9.17, 15) is 9.59 Å². The quantitative estimate of drug-likeness (QED) is 0.101. The molecule has 0 aliphatic heterocycles. The predicted molar refractivity (Wildman–Crippen MR) is 137 cm³/mol. The number of rotatable bonds is 21. The van der Waals surface area contributed by atoms with Gasteiger partial charge in [0.1, 0.15) is 17.4 Å². The second kappa shape index (κ2) is 19.2. The Bertz CT molecular complexity index is 676. The average Bonchev–Trinajstić information content (AvgIpc) is 2.86. The van der Waals surface area contributed by atoms with E-state index >= 15 is 0 Å². The minimum atomic E-state index is -2.65. The molecule has 12 heteroatoms. The highest BCUT2D eigenvalue weighted by molar-refractivity contribution is 8.76. The van der Waals surface area contributed by atoms with Crippen LogP contribution in [0.2, 0.25) is 6.04 Å². The first-order valence-corrected chi connectivity index (χ1v) is 15.5. The Hall–Kier alpha value is -0.993. The fourth-order valence-electron chi connectivity index (χ4n) is 3.03. The van der Waals surface area contributed by atoms with E-state index in [0.29, 0.717) is 45.0 Å². The zero-order valence-corrected chi connectivity index (χ0v) is 23.3. The van der Waals surface area contributed by atoms with Crippen molar-refractivity contribution >= 4 is 42.1 Å². The first-order valence-electron chi connectivity index (χ1n) is 11.2.